The van der Waals surface area contributed by atoms with Gasteiger partial charge in [-0.15, -0.1) is 0 Å². The highest BCUT2D eigenvalue weighted by atomic mass is 16.5. The number of ether oxygens (including phenoxy) is 1. The second kappa shape index (κ2) is 7.62. The van der Waals surface area contributed by atoms with Crippen molar-refractivity contribution in [1.82, 2.24) is 20.4 Å². The predicted octanol–water partition coefficient (Wildman–Crippen LogP) is 2.25. The lowest BCUT2D eigenvalue weighted by Gasteiger charge is -2.31. The van der Waals surface area contributed by atoms with Crippen molar-refractivity contribution in [3.05, 3.63) is 36.2 Å². The number of hydrogen-bond acceptors (Lipinski definition) is 4. The van der Waals surface area contributed by atoms with Crippen LogP contribution >= 0.6 is 0 Å². The lowest BCUT2D eigenvalue weighted by atomic mass is 10.1. The fraction of sp³-hybridized carbons (Fsp3) is 0.500. The van der Waals surface area contributed by atoms with E-state index in [0.29, 0.717) is 12.6 Å². The Labute approximate surface area is 138 Å². The molecule has 1 aromatic carbocycles. The largest absolute Gasteiger partial charge is 0.492 e. The molecule has 1 aliphatic heterocycles. The van der Waals surface area contributed by atoms with Gasteiger partial charge in [-0.1, -0.05) is 0 Å². The van der Waals surface area contributed by atoms with Crippen LogP contribution < -0.4 is 10.1 Å². The molecule has 1 saturated heterocycles. The molecule has 5 nitrogen and oxygen atoms in total. The Kier molecular flexibility index (Phi) is 5.31. The first kappa shape index (κ1) is 16.0. The van der Waals surface area contributed by atoms with Crippen LogP contribution in [0.4, 0.5) is 0 Å². The van der Waals surface area contributed by atoms with Crippen molar-refractivity contribution in [3.8, 4) is 16.9 Å². The molecular weight excluding hydrogens is 288 g/mol. The van der Waals surface area contributed by atoms with E-state index < -0.39 is 0 Å². The standard InChI is InChI=1S/C18H25N4O/c1-14-18(13-20-21-14)15-4-3-5-17(12-15)23-11-10-22(2)16-6-8-19-9-7-16/h4-5,12-13,16,19H,6-11H2,1-2H3,(H,20,21). The smallest absolute Gasteiger partial charge is 0.120 e. The summed E-state index contributed by atoms with van der Waals surface area (Å²) in [5.41, 5.74) is 3.17. The van der Waals surface area contributed by atoms with Gasteiger partial charge in [-0.05, 0) is 69.7 Å². The number of aryl methyl sites for hydroxylation is 1. The predicted molar refractivity (Wildman–Crippen MR) is 91.6 cm³/mol. The van der Waals surface area contributed by atoms with E-state index in [0.717, 1.165) is 42.2 Å². The van der Waals surface area contributed by atoms with Crippen molar-refractivity contribution in [2.75, 3.05) is 33.3 Å². The van der Waals surface area contributed by atoms with Crippen LogP contribution in [-0.4, -0.2) is 54.4 Å². The molecule has 0 spiro atoms. The molecular formula is C18H25N4O. The minimum atomic E-state index is 0.673. The molecule has 1 radical (unpaired) electrons. The van der Waals surface area contributed by atoms with E-state index in [1.807, 2.05) is 25.3 Å². The van der Waals surface area contributed by atoms with E-state index >= 15 is 0 Å². The third kappa shape index (κ3) is 4.12. The first-order valence-electron chi connectivity index (χ1n) is 8.29. The average Bonchev–Trinajstić information content (AvgIpc) is 3.02. The van der Waals surface area contributed by atoms with Gasteiger partial charge < -0.3 is 10.1 Å². The van der Waals surface area contributed by atoms with Crippen molar-refractivity contribution in [3.63, 3.8) is 0 Å². The van der Waals surface area contributed by atoms with Gasteiger partial charge in [0.05, 0.1) is 5.69 Å². The van der Waals surface area contributed by atoms with Crippen LogP contribution in [0.2, 0.25) is 0 Å². The van der Waals surface area contributed by atoms with E-state index in [1.165, 1.54) is 12.8 Å². The maximum absolute atomic E-state index is 5.93. The number of piperidine rings is 1. The van der Waals surface area contributed by atoms with Crippen molar-refractivity contribution < 1.29 is 4.74 Å². The van der Waals surface area contributed by atoms with Gasteiger partial charge >= 0.3 is 0 Å². The SMILES string of the molecule is Cc1n[nH]cc1-c1c[c]cc(OCCN(C)C2CCNCC2)c1. The van der Waals surface area contributed by atoms with E-state index in [1.54, 1.807) is 0 Å². The molecule has 0 atom stereocenters. The summed E-state index contributed by atoms with van der Waals surface area (Å²) in [7, 11) is 2.19. The fourth-order valence-corrected chi connectivity index (χ4v) is 3.08. The summed E-state index contributed by atoms with van der Waals surface area (Å²) >= 11 is 0. The van der Waals surface area contributed by atoms with Gasteiger partial charge in [0.25, 0.3) is 0 Å². The molecule has 1 aromatic heterocycles. The molecule has 2 N–H and O–H groups in total. The van der Waals surface area contributed by atoms with Crippen LogP contribution in [0.15, 0.2) is 24.4 Å². The molecule has 0 aliphatic carbocycles. The Morgan fingerprint density at radius 2 is 2.17 bits per heavy atom. The van der Waals surface area contributed by atoms with E-state index in [4.69, 9.17) is 4.74 Å². The summed E-state index contributed by atoms with van der Waals surface area (Å²) in [6.07, 6.45) is 4.35. The second-order valence-electron chi connectivity index (χ2n) is 6.15. The maximum Gasteiger partial charge on any atom is 0.120 e. The molecule has 0 amide bonds. The average molecular weight is 313 g/mol. The van der Waals surface area contributed by atoms with Gasteiger partial charge in [-0.2, -0.15) is 5.10 Å². The summed E-state index contributed by atoms with van der Waals surface area (Å²) in [5.74, 6) is 0.863. The molecule has 0 bridgehead atoms. The molecule has 5 heteroatoms. The van der Waals surface area contributed by atoms with Crippen molar-refractivity contribution in [2.24, 2.45) is 0 Å². The van der Waals surface area contributed by atoms with Gasteiger partial charge in [-0.25, -0.2) is 0 Å². The van der Waals surface area contributed by atoms with Crippen LogP contribution in [0, 0.1) is 13.0 Å². The summed E-state index contributed by atoms with van der Waals surface area (Å²) in [6, 6.07) is 9.74. The highest BCUT2D eigenvalue weighted by molar-refractivity contribution is 5.66. The summed E-state index contributed by atoms with van der Waals surface area (Å²) < 4.78 is 5.93. The number of likely N-dealkylation sites (N-methyl/N-ethyl adjacent to an activating group) is 1. The quantitative estimate of drug-likeness (QED) is 0.859. The molecule has 0 saturated carbocycles. The highest BCUT2D eigenvalue weighted by Gasteiger charge is 2.17. The third-order valence-electron chi connectivity index (χ3n) is 4.55. The van der Waals surface area contributed by atoms with E-state index in [-0.39, 0.29) is 0 Å². The number of rotatable bonds is 6. The Balaban J connectivity index is 1.53. The molecule has 2 aromatic rings. The molecule has 3 rings (SSSR count). The Hall–Kier alpha value is -1.85. The van der Waals surface area contributed by atoms with Crippen LogP contribution in [-0.2, 0) is 0 Å². The normalized spacial score (nSPS) is 16.0. The van der Waals surface area contributed by atoms with Gasteiger partial charge in [-0.3, -0.25) is 10.00 Å². The number of hydrogen-bond donors (Lipinski definition) is 2. The second-order valence-corrected chi connectivity index (χ2v) is 6.15. The Morgan fingerprint density at radius 1 is 1.35 bits per heavy atom. The minimum absolute atomic E-state index is 0.673. The lowest BCUT2D eigenvalue weighted by Crippen LogP contribution is -2.42. The maximum atomic E-state index is 5.93. The Bertz CT molecular complexity index is 619. The lowest BCUT2D eigenvalue weighted by molar-refractivity contribution is 0.165. The number of benzene rings is 1. The summed E-state index contributed by atoms with van der Waals surface area (Å²) in [5, 5.41) is 10.5. The molecule has 123 valence electrons. The number of aromatic amines is 1. The van der Waals surface area contributed by atoms with Crippen LogP contribution in [0.1, 0.15) is 18.5 Å². The number of nitrogens with zero attached hydrogens (tertiary/aromatic N) is 2. The van der Waals surface area contributed by atoms with Crippen molar-refractivity contribution >= 4 is 0 Å². The number of aromatic nitrogens is 2. The fourth-order valence-electron chi connectivity index (χ4n) is 3.08. The van der Waals surface area contributed by atoms with Gasteiger partial charge in [0.15, 0.2) is 0 Å². The minimum Gasteiger partial charge on any atom is -0.492 e. The van der Waals surface area contributed by atoms with E-state index in [9.17, 15) is 0 Å². The van der Waals surface area contributed by atoms with Gasteiger partial charge in [0.1, 0.15) is 12.4 Å². The molecule has 0 unspecified atom stereocenters. The molecule has 1 aliphatic rings. The first-order valence-corrected chi connectivity index (χ1v) is 8.29. The number of H-pyrrole nitrogens is 1. The molecule has 2 heterocycles. The summed E-state index contributed by atoms with van der Waals surface area (Å²) in [4.78, 5) is 2.41. The van der Waals surface area contributed by atoms with Crippen molar-refractivity contribution in [1.29, 1.82) is 0 Å². The third-order valence-corrected chi connectivity index (χ3v) is 4.55. The Morgan fingerprint density at radius 3 is 2.91 bits per heavy atom. The van der Waals surface area contributed by atoms with Crippen LogP contribution in [0.5, 0.6) is 5.75 Å². The zero-order valence-electron chi connectivity index (χ0n) is 13.9. The van der Waals surface area contributed by atoms with Crippen LogP contribution in [0.3, 0.4) is 0 Å². The molecule has 23 heavy (non-hydrogen) atoms. The highest BCUT2D eigenvalue weighted by Crippen LogP contribution is 2.25. The van der Waals surface area contributed by atoms with Gasteiger partial charge in [0, 0.05) is 24.3 Å². The number of nitrogens with one attached hydrogen (secondary N) is 2. The van der Waals surface area contributed by atoms with Gasteiger partial charge in [0.2, 0.25) is 0 Å². The van der Waals surface area contributed by atoms with E-state index in [2.05, 4.69) is 39.6 Å². The first-order chi connectivity index (χ1) is 11.2. The topological polar surface area (TPSA) is 53.2 Å². The van der Waals surface area contributed by atoms with Crippen LogP contribution in [0.25, 0.3) is 11.1 Å². The van der Waals surface area contributed by atoms with Crippen molar-refractivity contribution in [2.45, 2.75) is 25.8 Å². The molecule has 1 fully saturated rings. The zero-order chi connectivity index (χ0) is 16.1. The monoisotopic (exact) mass is 313 g/mol. The summed E-state index contributed by atoms with van der Waals surface area (Å²) in [6.45, 7) is 5.88. The zero-order valence-corrected chi connectivity index (χ0v) is 13.9.